The standard InChI is InChI=1S/C18H21NO/c19-18(12-13-20-17-8-2-1-3-9-17)11-10-15-6-4-5-7-16(15)14-18/h1-9H,10-14,19H2. The van der Waals surface area contributed by atoms with Crippen molar-refractivity contribution in [3.8, 4) is 5.75 Å². The maximum Gasteiger partial charge on any atom is 0.119 e. The molecular formula is C18H21NO. The van der Waals surface area contributed by atoms with E-state index < -0.39 is 0 Å². The van der Waals surface area contributed by atoms with Crippen molar-refractivity contribution in [3.05, 3.63) is 65.7 Å². The summed E-state index contributed by atoms with van der Waals surface area (Å²) in [7, 11) is 0. The number of hydrogen-bond acceptors (Lipinski definition) is 2. The second kappa shape index (κ2) is 5.68. The molecule has 0 radical (unpaired) electrons. The van der Waals surface area contributed by atoms with Gasteiger partial charge in [0.25, 0.3) is 0 Å². The first-order valence-electron chi connectivity index (χ1n) is 7.29. The van der Waals surface area contributed by atoms with E-state index >= 15 is 0 Å². The molecule has 0 fully saturated rings. The number of benzene rings is 2. The van der Waals surface area contributed by atoms with E-state index in [1.54, 1.807) is 0 Å². The van der Waals surface area contributed by atoms with Gasteiger partial charge in [-0.2, -0.15) is 0 Å². The fourth-order valence-electron chi connectivity index (χ4n) is 2.93. The van der Waals surface area contributed by atoms with E-state index in [2.05, 4.69) is 24.3 Å². The van der Waals surface area contributed by atoms with Crippen LogP contribution >= 0.6 is 0 Å². The van der Waals surface area contributed by atoms with Gasteiger partial charge < -0.3 is 10.5 Å². The lowest BCUT2D eigenvalue weighted by atomic mass is 9.77. The molecule has 1 aliphatic rings. The minimum atomic E-state index is -0.122. The Kier molecular flexibility index (Phi) is 3.75. The molecule has 3 rings (SSSR count). The van der Waals surface area contributed by atoms with E-state index in [0.29, 0.717) is 6.61 Å². The first-order valence-corrected chi connectivity index (χ1v) is 7.29. The summed E-state index contributed by atoms with van der Waals surface area (Å²) in [6.07, 6.45) is 3.98. The van der Waals surface area contributed by atoms with E-state index in [9.17, 15) is 0 Å². The maximum absolute atomic E-state index is 6.56. The molecule has 0 bridgehead atoms. The molecule has 0 aromatic heterocycles. The number of fused-ring (bicyclic) bond motifs is 1. The van der Waals surface area contributed by atoms with Crippen LogP contribution in [0, 0.1) is 0 Å². The van der Waals surface area contributed by atoms with Crippen molar-refractivity contribution in [2.75, 3.05) is 6.61 Å². The van der Waals surface area contributed by atoms with Crippen LogP contribution in [0.5, 0.6) is 5.75 Å². The molecule has 0 saturated carbocycles. The lowest BCUT2D eigenvalue weighted by Crippen LogP contribution is -2.46. The highest BCUT2D eigenvalue weighted by Crippen LogP contribution is 2.29. The molecule has 104 valence electrons. The monoisotopic (exact) mass is 267 g/mol. The fourth-order valence-corrected chi connectivity index (χ4v) is 2.93. The molecule has 2 heteroatoms. The first-order chi connectivity index (χ1) is 9.75. The molecular weight excluding hydrogens is 246 g/mol. The van der Waals surface area contributed by atoms with E-state index in [4.69, 9.17) is 10.5 Å². The predicted octanol–water partition coefficient (Wildman–Crippen LogP) is 3.34. The Morgan fingerprint density at radius 3 is 2.45 bits per heavy atom. The lowest BCUT2D eigenvalue weighted by molar-refractivity contribution is 0.241. The van der Waals surface area contributed by atoms with E-state index in [-0.39, 0.29) is 5.54 Å². The molecule has 0 aliphatic heterocycles. The number of rotatable bonds is 4. The number of hydrogen-bond donors (Lipinski definition) is 1. The van der Waals surface area contributed by atoms with Gasteiger partial charge >= 0.3 is 0 Å². The Labute approximate surface area is 120 Å². The summed E-state index contributed by atoms with van der Waals surface area (Å²) in [6, 6.07) is 18.6. The zero-order valence-electron chi connectivity index (χ0n) is 11.7. The number of nitrogens with two attached hydrogens (primary N) is 1. The van der Waals surface area contributed by atoms with Gasteiger partial charge in [0.05, 0.1) is 6.61 Å². The van der Waals surface area contributed by atoms with Gasteiger partial charge in [0.1, 0.15) is 5.75 Å². The highest BCUT2D eigenvalue weighted by molar-refractivity contribution is 5.32. The van der Waals surface area contributed by atoms with E-state index in [0.717, 1.165) is 31.4 Å². The zero-order valence-corrected chi connectivity index (χ0v) is 11.7. The molecule has 2 nitrogen and oxygen atoms in total. The topological polar surface area (TPSA) is 35.2 Å². The molecule has 1 aliphatic carbocycles. The summed E-state index contributed by atoms with van der Waals surface area (Å²) < 4.78 is 5.78. The van der Waals surface area contributed by atoms with Crippen molar-refractivity contribution in [3.63, 3.8) is 0 Å². The van der Waals surface area contributed by atoms with Crippen LogP contribution in [0.15, 0.2) is 54.6 Å². The van der Waals surface area contributed by atoms with Gasteiger partial charge in [0.15, 0.2) is 0 Å². The number of aryl methyl sites for hydroxylation is 1. The molecule has 0 amide bonds. The Morgan fingerprint density at radius 1 is 0.950 bits per heavy atom. The van der Waals surface area contributed by atoms with Gasteiger partial charge in [0, 0.05) is 5.54 Å². The average Bonchev–Trinajstić information content (AvgIpc) is 2.48. The van der Waals surface area contributed by atoms with Gasteiger partial charge in [-0.25, -0.2) is 0 Å². The zero-order chi connectivity index (χ0) is 13.8. The second-order valence-corrected chi connectivity index (χ2v) is 5.72. The number of ether oxygens (including phenoxy) is 1. The van der Waals surface area contributed by atoms with Crippen LogP contribution in [-0.2, 0) is 12.8 Å². The van der Waals surface area contributed by atoms with Gasteiger partial charge in [-0.15, -0.1) is 0 Å². The fraction of sp³-hybridized carbons (Fsp3) is 0.333. The summed E-state index contributed by atoms with van der Waals surface area (Å²) in [4.78, 5) is 0. The Bertz CT molecular complexity index is 567. The first kappa shape index (κ1) is 13.2. The normalized spacial score (nSPS) is 21.2. The summed E-state index contributed by atoms with van der Waals surface area (Å²) in [6.45, 7) is 0.683. The van der Waals surface area contributed by atoms with Gasteiger partial charge in [-0.05, 0) is 48.9 Å². The molecule has 2 N–H and O–H groups in total. The van der Waals surface area contributed by atoms with Crippen LogP contribution in [0.4, 0.5) is 0 Å². The molecule has 0 heterocycles. The maximum atomic E-state index is 6.56. The second-order valence-electron chi connectivity index (χ2n) is 5.72. The largest absolute Gasteiger partial charge is 0.494 e. The van der Waals surface area contributed by atoms with Gasteiger partial charge in [-0.1, -0.05) is 42.5 Å². The van der Waals surface area contributed by atoms with Crippen LogP contribution in [0.25, 0.3) is 0 Å². The molecule has 0 saturated heterocycles. The third-order valence-electron chi connectivity index (χ3n) is 4.17. The van der Waals surface area contributed by atoms with Crippen LogP contribution in [0.1, 0.15) is 24.0 Å². The van der Waals surface area contributed by atoms with Crippen molar-refractivity contribution >= 4 is 0 Å². The summed E-state index contributed by atoms with van der Waals surface area (Å²) in [5.74, 6) is 0.923. The molecule has 2 aromatic rings. The average molecular weight is 267 g/mol. The van der Waals surface area contributed by atoms with Crippen LogP contribution in [0.2, 0.25) is 0 Å². The smallest absolute Gasteiger partial charge is 0.119 e. The van der Waals surface area contributed by atoms with Crippen molar-refractivity contribution in [1.82, 2.24) is 0 Å². The molecule has 1 atom stereocenters. The van der Waals surface area contributed by atoms with Gasteiger partial charge in [0.2, 0.25) is 0 Å². The Balaban J connectivity index is 1.58. The van der Waals surface area contributed by atoms with Gasteiger partial charge in [-0.3, -0.25) is 0 Å². The highest BCUT2D eigenvalue weighted by Gasteiger charge is 2.30. The number of para-hydroxylation sites is 1. The summed E-state index contributed by atoms with van der Waals surface area (Å²) in [5.41, 5.74) is 9.30. The van der Waals surface area contributed by atoms with Crippen LogP contribution in [-0.4, -0.2) is 12.1 Å². The minimum absolute atomic E-state index is 0.122. The third-order valence-corrected chi connectivity index (χ3v) is 4.17. The highest BCUT2D eigenvalue weighted by atomic mass is 16.5. The molecule has 2 aromatic carbocycles. The van der Waals surface area contributed by atoms with Crippen LogP contribution < -0.4 is 10.5 Å². The minimum Gasteiger partial charge on any atom is -0.494 e. The predicted molar refractivity (Wildman–Crippen MR) is 81.9 cm³/mol. The SMILES string of the molecule is NC1(CCOc2ccccc2)CCc2ccccc2C1. The quantitative estimate of drug-likeness (QED) is 0.922. The third kappa shape index (κ3) is 3.02. The van der Waals surface area contributed by atoms with Crippen molar-refractivity contribution < 1.29 is 4.74 Å². The van der Waals surface area contributed by atoms with Crippen molar-refractivity contribution in [2.24, 2.45) is 5.73 Å². The molecule has 1 unspecified atom stereocenters. The Morgan fingerprint density at radius 2 is 1.65 bits per heavy atom. The molecule has 0 spiro atoms. The Hall–Kier alpha value is -1.80. The lowest BCUT2D eigenvalue weighted by Gasteiger charge is -2.34. The van der Waals surface area contributed by atoms with E-state index in [1.165, 1.54) is 11.1 Å². The van der Waals surface area contributed by atoms with Crippen molar-refractivity contribution in [2.45, 2.75) is 31.2 Å². The van der Waals surface area contributed by atoms with Crippen LogP contribution in [0.3, 0.4) is 0 Å². The summed E-state index contributed by atoms with van der Waals surface area (Å²) in [5, 5.41) is 0. The van der Waals surface area contributed by atoms with E-state index in [1.807, 2.05) is 30.3 Å². The van der Waals surface area contributed by atoms with Crippen molar-refractivity contribution in [1.29, 1.82) is 0 Å². The molecule has 20 heavy (non-hydrogen) atoms. The summed E-state index contributed by atoms with van der Waals surface area (Å²) >= 11 is 0.